The van der Waals surface area contributed by atoms with Gasteiger partial charge in [0.05, 0.1) is 18.4 Å². The highest BCUT2D eigenvalue weighted by molar-refractivity contribution is 6.08. The number of rotatable bonds is 16. The number of aliphatic imine (C=N–C) groups is 1. The molecular formula is C33H48N2O4. The van der Waals surface area contributed by atoms with Gasteiger partial charge in [0, 0.05) is 30.3 Å². The number of hydrogen-bond donors (Lipinski definition) is 2. The van der Waals surface area contributed by atoms with Crippen LogP contribution in [0.2, 0.25) is 0 Å². The van der Waals surface area contributed by atoms with E-state index in [4.69, 9.17) is 4.74 Å². The Kier molecular flexibility index (Phi) is 11.1. The Morgan fingerprint density at radius 2 is 1.95 bits per heavy atom. The first-order valence-corrected chi connectivity index (χ1v) is 15.2. The summed E-state index contributed by atoms with van der Waals surface area (Å²) in [6.45, 7) is 5.52. The number of aliphatic hydroxyl groups excluding tert-OH is 1. The zero-order valence-corrected chi connectivity index (χ0v) is 24.0. The van der Waals surface area contributed by atoms with Crippen LogP contribution in [-0.2, 0) is 11.2 Å². The summed E-state index contributed by atoms with van der Waals surface area (Å²) in [5.74, 6) is 2.11. The van der Waals surface area contributed by atoms with Crippen LogP contribution >= 0.6 is 0 Å². The summed E-state index contributed by atoms with van der Waals surface area (Å²) in [7, 11) is 0. The normalized spacial score (nSPS) is 18.2. The number of allylic oxidation sites excluding steroid dienone is 2. The molecule has 1 aromatic rings. The third kappa shape index (κ3) is 8.96. The molecule has 2 N–H and O–H groups in total. The second kappa shape index (κ2) is 14.7. The van der Waals surface area contributed by atoms with E-state index in [1.54, 1.807) is 6.07 Å². The van der Waals surface area contributed by atoms with Crippen LogP contribution in [0, 0.1) is 11.8 Å². The fourth-order valence-electron chi connectivity index (χ4n) is 6.06. The van der Waals surface area contributed by atoms with Gasteiger partial charge in [-0.25, -0.2) is 0 Å². The van der Waals surface area contributed by atoms with Crippen LogP contribution in [0.5, 0.6) is 11.5 Å². The number of aryl methyl sites for hydroxylation is 1. The molecule has 6 heteroatoms. The predicted molar refractivity (Wildman–Crippen MR) is 157 cm³/mol. The maximum atomic E-state index is 12.5. The van der Waals surface area contributed by atoms with Gasteiger partial charge in [-0.2, -0.15) is 0 Å². The number of ether oxygens (including phenoxy) is 1. The summed E-state index contributed by atoms with van der Waals surface area (Å²) < 4.78 is 6.07. The molecule has 1 saturated carbocycles. The molecule has 39 heavy (non-hydrogen) atoms. The number of benzene rings is 1. The molecular weight excluding hydrogens is 488 g/mol. The summed E-state index contributed by atoms with van der Waals surface area (Å²) in [5, 5.41) is 20.8. The van der Waals surface area contributed by atoms with E-state index in [1.807, 2.05) is 18.3 Å². The molecule has 0 unspecified atom stereocenters. The van der Waals surface area contributed by atoms with E-state index >= 15 is 0 Å². The molecule has 0 aromatic heterocycles. The number of aliphatic hydroxyl groups is 1. The van der Waals surface area contributed by atoms with Crippen molar-refractivity contribution < 1.29 is 19.7 Å². The van der Waals surface area contributed by atoms with E-state index in [0.717, 1.165) is 42.9 Å². The minimum atomic E-state index is -0.541. The van der Waals surface area contributed by atoms with Crippen molar-refractivity contribution >= 4 is 11.5 Å². The van der Waals surface area contributed by atoms with Gasteiger partial charge in [0.1, 0.15) is 5.78 Å². The number of nitrogens with zero attached hydrogens (tertiary/aromatic N) is 2. The molecule has 1 aromatic carbocycles. The summed E-state index contributed by atoms with van der Waals surface area (Å²) in [5.41, 5.74) is 4.49. The minimum Gasteiger partial charge on any atom is -0.504 e. The molecule has 6 nitrogen and oxygen atoms in total. The molecule has 4 rings (SSSR count). The molecule has 2 heterocycles. The van der Waals surface area contributed by atoms with Crippen molar-refractivity contribution in [3.05, 3.63) is 47.3 Å². The smallest absolute Gasteiger partial charge is 0.163 e. The van der Waals surface area contributed by atoms with Gasteiger partial charge >= 0.3 is 0 Å². The summed E-state index contributed by atoms with van der Waals surface area (Å²) >= 11 is 0. The summed E-state index contributed by atoms with van der Waals surface area (Å²) in [4.78, 5) is 19.2. The second-order valence-corrected chi connectivity index (χ2v) is 12.1. The number of carbonyl (C=O) groups excluding carboxylic acids is 1. The second-order valence-electron chi connectivity index (χ2n) is 12.1. The Balaban J connectivity index is 1.19. The van der Waals surface area contributed by atoms with Crippen LogP contribution in [0.4, 0.5) is 0 Å². The Hall–Kier alpha value is -2.60. The number of fused-ring (bicyclic) bond motifs is 1. The van der Waals surface area contributed by atoms with Crippen LogP contribution in [0.3, 0.4) is 0 Å². The maximum Gasteiger partial charge on any atom is 0.163 e. The molecule has 1 aliphatic carbocycles. The molecule has 1 atom stereocenters. The number of carbonyl (C=O) groups is 1. The van der Waals surface area contributed by atoms with Gasteiger partial charge in [0.2, 0.25) is 0 Å². The quantitative estimate of drug-likeness (QED) is 0.220. The molecule has 0 amide bonds. The monoisotopic (exact) mass is 536 g/mol. The highest BCUT2D eigenvalue weighted by atomic mass is 16.5. The zero-order valence-electron chi connectivity index (χ0n) is 24.0. The number of Topliss-reactive ketones (excluding diaryl/α,β-unsaturated/α-hetero) is 1. The van der Waals surface area contributed by atoms with Crippen LogP contribution in [0.25, 0.3) is 0 Å². The van der Waals surface area contributed by atoms with Crippen molar-refractivity contribution in [1.29, 1.82) is 0 Å². The summed E-state index contributed by atoms with van der Waals surface area (Å²) in [6, 6.07) is 5.31. The topological polar surface area (TPSA) is 82.4 Å². The highest BCUT2D eigenvalue weighted by Crippen LogP contribution is 2.32. The largest absolute Gasteiger partial charge is 0.504 e. The summed E-state index contributed by atoms with van der Waals surface area (Å²) in [6.07, 6.45) is 17.7. The number of hydrogen-bond acceptors (Lipinski definition) is 6. The number of unbranched alkanes of at least 4 members (excludes halogenated alkanes) is 1. The van der Waals surface area contributed by atoms with E-state index in [2.05, 4.69) is 29.8 Å². The van der Waals surface area contributed by atoms with Gasteiger partial charge in [-0.1, -0.05) is 71.3 Å². The SMILES string of the molecule is CC(C)CCC1=C2C=CN=C2CN1COc1cc(CCC(=O)C[C@H](O)CCCCC2CCCCC2)ccc1O. The lowest BCUT2D eigenvalue weighted by atomic mass is 9.85. The van der Waals surface area contributed by atoms with Crippen molar-refractivity contribution in [2.24, 2.45) is 16.8 Å². The van der Waals surface area contributed by atoms with Gasteiger partial charge < -0.3 is 19.8 Å². The lowest BCUT2D eigenvalue weighted by Gasteiger charge is -2.23. The van der Waals surface area contributed by atoms with Gasteiger partial charge in [0.25, 0.3) is 0 Å². The van der Waals surface area contributed by atoms with E-state index in [1.165, 1.54) is 49.8 Å². The standard InChI is InChI=1S/C33H48N2O4/c1-24(2)12-16-31-29-18-19-34-30(29)22-35(31)23-39-33-20-26(14-17-32(33)38)13-15-28(37)21-27(36)11-7-6-10-25-8-4-3-5-9-25/h14,17-20,24-25,27,36,38H,3-13,15-16,21-23H2,1-2H3/t27-/m1/s1. The van der Waals surface area contributed by atoms with Crippen LogP contribution in [0.15, 0.2) is 46.7 Å². The first-order valence-electron chi connectivity index (χ1n) is 15.2. The molecule has 0 radical (unpaired) electrons. The Bertz CT molecular complexity index is 1050. The third-order valence-electron chi connectivity index (χ3n) is 8.45. The van der Waals surface area contributed by atoms with E-state index in [-0.39, 0.29) is 18.0 Å². The van der Waals surface area contributed by atoms with Crippen molar-refractivity contribution in [3.63, 3.8) is 0 Å². The lowest BCUT2D eigenvalue weighted by molar-refractivity contribution is -0.121. The van der Waals surface area contributed by atoms with Crippen molar-refractivity contribution in [1.82, 2.24) is 4.90 Å². The average molecular weight is 537 g/mol. The average Bonchev–Trinajstić information content (AvgIpc) is 3.50. The van der Waals surface area contributed by atoms with E-state index in [0.29, 0.717) is 44.2 Å². The molecule has 214 valence electrons. The number of aromatic hydroxyl groups is 1. The minimum absolute atomic E-state index is 0.0872. The fourth-order valence-corrected chi connectivity index (χ4v) is 6.06. The fraction of sp³-hybridized carbons (Fsp3) is 0.636. The Morgan fingerprint density at radius 1 is 1.13 bits per heavy atom. The van der Waals surface area contributed by atoms with Crippen LogP contribution in [0.1, 0.15) is 103 Å². The molecule has 0 saturated heterocycles. The van der Waals surface area contributed by atoms with Gasteiger partial charge in [-0.3, -0.25) is 9.79 Å². The van der Waals surface area contributed by atoms with Crippen LogP contribution in [-0.4, -0.2) is 46.0 Å². The number of ketones is 1. The van der Waals surface area contributed by atoms with Crippen LogP contribution < -0.4 is 4.74 Å². The van der Waals surface area contributed by atoms with Crippen molar-refractivity contribution in [2.45, 2.75) is 110 Å². The highest BCUT2D eigenvalue weighted by Gasteiger charge is 2.28. The van der Waals surface area contributed by atoms with Gasteiger partial charge in [-0.05, 0) is 61.3 Å². The molecule has 0 bridgehead atoms. The molecule has 0 spiro atoms. The lowest BCUT2D eigenvalue weighted by Crippen LogP contribution is -2.27. The first kappa shape index (κ1) is 29.4. The predicted octanol–water partition coefficient (Wildman–Crippen LogP) is 7.10. The third-order valence-corrected chi connectivity index (χ3v) is 8.45. The van der Waals surface area contributed by atoms with Crippen molar-refractivity contribution in [3.8, 4) is 11.5 Å². The van der Waals surface area contributed by atoms with Gasteiger partial charge in [-0.15, -0.1) is 0 Å². The number of phenolic OH excluding ortho intramolecular Hbond substituents is 1. The van der Waals surface area contributed by atoms with Crippen molar-refractivity contribution in [2.75, 3.05) is 13.3 Å². The Morgan fingerprint density at radius 3 is 2.74 bits per heavy atom. The molecule has 1 fully saturated rings. The number of phenols is 1. The van der Waals surface area contributed by atoms with E-state index in [9.17, 15) is 15.0 Å². The Labute approximate surface area is 234 Å². The van der Waals surface area contributed by atoms with Gasteiger partial charge in [0.15, 0.2) is 18.2 Å². The maximum absolute atomic E-state index is 12.5. The van der Waals surface area contributed by atoms with E-state index < -0.39 is 6.10 Å². The first-order chi connectivity index (χ1) is 18.9. The zero-order chi connectivity index (χ0) is 27.6. The molecule has 2 aliphatic heterocycles. The molecule has 3 aliphatic rings.